The lowest BCUT2D eigenvalue weighted by Crippen LogP contribution is -3.28. The van der Waals surface area contributed by atoms with Gasteiger partial charge in [-0.05, 0) is 62.8 Å². The molecule has 0 spiro atoms. The highest BCUT2D eigenvalue weighted by Crippen LogP contribution is 2.33. The number of piperazine rings is 1. The maximum Gasteiger partial charge on any atom is 0.282 e. The van der Waals surface area contributed by atoms with E-state index in [1.54, 1.807) is 12.1 Å². The van der Waals surface area contributed by atoms with Gasteiger partial charge in [-0.3, -0.25) is 9.59 Å². The number of benzene rings is 1. The number of hydrogen-bond donors (Lipinski definition) is 3. The molecule has 2 fully saturated rings. The highest BCUT2D eigenvalue weighted by Gasteiger charge is 2.37. The maximum atomic E-state index is 13.0. The summed E-state index contributed by atoms with van der Waals surface area (Å²) in [7, 11) is 0. The first kappa shape index (κ1) is 21.0. The molecule has 1 aromatic rings. The van der Waals surface area contributed by atoms with Crippen molar-refractivity contribution in [1.29, 1.82) is 0 Å². The largest absolute Gasteiger partial charge is 0.321 e. The van der Waals surface area contributed by atoms with Crippen molar-refractivity contribution in [2.45, 2.75) is 44.6 Å². The Bertz CT molecular complexity index is 783. The first-order valence-electron chi connectivity index (χ1n) is 11.3. The van der Waals surface area contributed by atoms with Gasteiger partial charge in [-0.1, -0.05) is 6.08 Å². The Hall–Kier alpha value is -2.25. The Kier molecular flexibility index (Phi) is 6.79. The Morgan fingerprint density at radius 1 is 1.00 bits per heavy atom. The quantitative estimate of drug-likeness (QED) is 0.586. The maximum absolute atomic E-state index is 13.0. The number of carbonyl (C=O) groups is 2. The summed E-state index contributed by atoms with van der Waals surface area (Å²) in [6.07, 6.45) is 9.12. The number of carbonyl (C=O) groups excluding carboxylic acids is 2. The number of amides is 2. The van der Waals surface area contributed by atoms with Gasteiger partial charge in [-0.2, -0.15) is 0 Å². The molecule has 0 aromatic heterocycles. The van der Waals surface area contributed by atoms with Crippen LogP contribution in [-0.4, -0.2) is 62.0 Å². The van der Waals surface area contributed by atoms with Gasteiger partial charge in [0.15, 0.2) is 13.1 Å². The molecule has 2 amide bonds. The number of nitrogens with one attached hydrogen (secondary N) is 3. The molecule has 0 unspecified atom stereocenters. The van der Waals surface area contributed by atoms with E-state index in [1.165, 1.54) is 40.5 Å². The molecule has 0 radical (unpaired) electrons. The molecule has 1 heterocycles. The van der Waals surface area contributed by atoms with E-state index in [0.29, 0.717) is 24.8 Å². The minimum Gasteiger partial charge on any atom is -0.321 e. The molecule has 30 heavy (non-hydrogen) atoms. The average Bonchev–Trinajstić information content (AvgIpc) is 3.57. The average molecular weight is 417 g/mol. The Labute approximate surface area is 177 Å². The van der Waals surface area contributed by atoms with E-state index in [1.807, 2.05) is 0 Å². The smallest absolute Gasteiger partial charge is 0.282 e. The third-order valence-corrected chi connectivity index (χ3v) is 6.36. The van der Waals surface area contributed by atoms with Crippen LogP contribution in [0.1, 0.15) is 38.5 Å². The molecule has 1 saturated heterocycles. The summed E-state index contributed by atoms with van der Waals surface area (Å²) in [5.41, 5.74) is 1.88. The predicted octanol–water partition coefficient (Wildman–Crippen LogP) is -0.00350. The number of nitrogens with zero attached hydrogens (tertiary/aromatic N) is 1. The lowest BCUT2D eigenvalue weighted by molar-refractivity contribution is -1.00. The van der Waals surface area contributed by atoms with Crippen molar-refractivity contribution in [3.05, 3.63) is 41.9 Å². The highest BCUT2D eigenvalue weighted by atomic mass is 19.1. The van der Waals surface area contributed by atoms with Crippen LogP contribution in [0, 0.1) is 5.82 Å². The van der Waals surface area contributed by atoms with Crippen LogP contribution in [-0.2, 0) is 9.59 Å². The van der Waals surface area contributed by atoms with Crippen molar-refractivity contribution < 1.29 is 23.8 Å². The fraction of sp³-hybridized carbons (Fsp3) is 0.565. The predicted molar refractivity (Wildman–Crippen MR) is 113 cm³/mol. The van der Waals surface area contributed by atoms with Gasteiger partial charge in [0.05, 0.1) is 0 Å². The van der Waals surface area contributed by atoms with E-state index in [9.17, 15) is 14.0 Å². The van der Waals surface area contributed by atoms with Crippen LogP contribution in [0.2, 0.25) is 0 Å². The number of anilines is 1. The molecule has 1 aromatic carbocycles. The normalized spacial score (nSPS) is 24.1. The van der Waals surface area contributed by atoms with Crippen LogP contribution in [0.25, 0.3) is 0 Å². The van der Waals surface area contributed by atoms with Crippen LogP contribution in [0.5, 0.6) is 0 Å². The molecule has 6 nitrogen and oxygen atoms in total. The van der Waals surface area contributed by atoms with Crippen LogP contribution in [0.15, 0.2) is 36.0 Å². The zero-order valence-corrected chi connectivity index (χ0v) is 17.6. The van der Waals surface area contributed by atoms with E-state index in [0.717, 1.165) is 51.9 Å². The molecule has 0 atom stereocenters. The topological polar surface area (TPSA) is 58.3 Å². The Morgan fingerprint density at radius 2 is 1.67 bits per heavy atom. The van der Waals surface area contributed by atoms with Gasteiger partial charge < -0.3 is 20.0 Å². The van der Waals surface area contributed by atoms with Gasteiger partial charge in [0.1, 0.15) is 32.0 Å². The third-order valence-electron chi connectivity index (χ3n) is 6.36. The lowest BCUT2D eigenvalue weighted by atomic mass is 10.0. The van der Waals surface area contributed by atoms with E-state index in [2.05, 4.69) is 16.3 Å². The van der Waals surface area contributed by atoms with Gasteiger partial charge in [-0.25, -0.2) is 4.39 Å². The first-order valence-corrected chi connectivity index (χ1v) is 11.3. The van der Waals surface area contributed by atoms with Crippen molar-refractivity contribution >= 4 is 17.5 Å². The van der Waals surface area contributed by atoms with Crippen LogP contribution in [0.3, 0.4) is 0 Å². The molecular weight excluding hydrogens is 383 g/mol. The summed E-state index contributed by atoms with van der Waals surface area (Å²) in [5, 5.41) is 2.83. The van der Waals surface area contributed by atoms with Gasteiger partial charge in [-0.15, -0.1) is 0 Å². The molecule has 3 aliphatic rings. The SMILES string of the molecule is O=C(C[NH+]1CC[NH+](CC(=O)N(C2=CCCCC2)C2CC2)CC1)Nc1ccc(F)cc1. The zero-order valence-electron chi connectivity index (χ0n) is 17.6. The summed E-state index contributed by atoms with van der Waals surface area (Å²) in [4.78, 5) is 30.0. The monoisotopic (exact) mass is 416 g/mol. The van der Waals surface area contributed by atoms with E-state index < -0.39 is 0 Å². The number of halogens is 1. The minimum atomic E-state index is -0.313. The van der Waals surface area contributed by atoms with E-state index in [4.69, 9.17) is 0 Å². The number of hydrogen-bond acceptors (Lipinski definition) is 2. The fourth-order valence-corrected chi connectivity index (χ4v) is 4.55. The summed E-state index contributed by atoms with van der Waals surface area (Å²) in [6.45, 7) is 4.53. The van der Waals surface area contributed by atoms with Gasteiger partial charge in [0.2, 0.25) is 0 Å². The molecule has 1 aliphatic heterocycles. The van der Waals surface area contributed by atoms with Crippen LogP contribution in [0.4, 0.5) is 10.1 Å². The molecule has 7 heteroatoms. The lowest BCUT2D eigenvalue weighted by Gasteiger charge is -2.32. The summed E-state index contributed by atoms with van der Waals surface area (Å²) in [5.74, 6) is -0.0919. The molecule has 4 rings (SSSR count). The Balaban J connectivity index is 1.22. The first-order chi connectivity index (χ1) is 14.6. The number of rotatable bonds is 7. The van der Waals surface area contributed by atoms with Crippen molar-refractivity contribution in [3.8, 4) is 0 Å². The van der Waals surface area contributed by atoms with Gasteiger partial charge >= 0.3 is 0 Å². The summed E-state index contributed by atoms with van der Waals surface area (Å²) >= 11 is 0. The van der Waals surface area contributed by atoms with E-state index in [-0.39, 0.29) is 17.6 Å². The fourth-order valence-electron chi connectivity index (χ4n) is 4.55. The van der Waals surface area contributed by atoms with Gasteiger partial charge in [0, 0.05) is 17.4 Å². The van der Waals surface area contributed by atoms with Crippen molar-refractivity contribution in [1.82, 2.24) is 4.90 Å². The molecule has 162 valence electrons. The second kappa shape index (κ2) is 9.71. The number of quaternary nitrogens is 2. The van der Waals surface area contributed by atoms with Crippen molar-refractivity contribution in [2.75, 3.05) is 44.6 Å². The number of allylic oxidation sites excluding steroid dienone is 2. The zero-order chi connectivity index (χ0) is 20.9. The molecule has 2 aliphatic carbocycles. The molecule has 0 bridgehead atoms. The Morgan fingerprint density at radius 3 is 2.27 bits per heavy atom. The van der Waals surface area contributed by atoms with Crippen LogP contribution >= 0.6 is 0 Å². The standard InChI is InChI=1S/C23H31FN4O2/c24-18-6-8-19(9-7-18)25-22(29)16-26-12-14-27(15-13-26)17-23(30)28(21-10-11-21)20-4-2-1-3-5-20/h4,6-9,21H,1-3,5,10-17H2,(H,25,29)/p+2. The van der Waals surface area contributed by atoms with E-state index >= 15 is 0 Å². The molecule has 1 saturated carbocycles. The summed E-state index contributed by atoms with van der Waals surface area (Å²) < 4.78 is 13.0. The minimum absolute atomic E-state index is 0.0553. The molecule has 3 N–H and O–H groups in total. The second-order valence-electron chi connectivity index (χ2n) is 8.84. The summed E-state index contributed by atoms with van der Waals surface area (Å²) in [6, 6.07) is 6.27. The van der Waals surface area contributed by atoms with Crippen LogP contribution < -0.4 is 15.1 Å². The van der Waals surface area contributed by atoms with Gasteiger partial charge in [0.25, 0.3) is 11.8 Å². The second-order valence-corrected chi connectivity index (χ2v) is 8.84. The molecular formula is C23H33FN4O2+2. The third kappa shape index (κ3) is 5.67. The highest BCUT2D eigenvalue weighted by molar-refractivity contribution is 5.91. The van der Waals surface area contributed by atoms with Crippen molar-refractivity contribution in [3.63, 3.8) is 0 Å². The van der Waals surface area contributed by atoms with Crippen molar-refractivity contribution in [2.24, 2.45) is 0 Å².